The van der Waals surface area contributed by atoms with E-state index in [-0.39, 0.29) is 17.5 Å². The van der Waals surface area contributed by atoms with E-state index in [0.29, 0.717) is 23.3 Å². The number of benzene rings is 1. The van der Waals surface area contributed by atoms with Crippen molar-refractivity contribution in [1.82, 2.24) is 19.3 Å². The molecule has 0 saturated carbocycles. The van der Waals surface area contributed by atoms with E-state index in [9.17, 15) is 9.59 Å². The molecular formula is C22H22N4O2. The Hall–Kier alpha value is -3.41. The molecule has 1 atom stereocenters. The molecule has 3 aromatic heterocycles. The molecule has 0 spiro atoms. The van der Waals surface area contributed by atoms with Gasteiger partial charge in [-0.25, -0.2) is 4.98 Å². The topological polar surface area (TPSA) is 68.4 Å². The Bertz CT molecular complexity index is 1200. The Morgan fingerprint density at radius 3 is 2.61 bits per heavy atom. The standard InChI is InChI=1S/C22H22N4O2/c1-3-15(2)24-21(27)17-10-8-16(9-11-17)14-26-20-18(6-4-12-23-20)25-13-5-7-19(25)22(26)28/h4-13,15H,3,14H2,1-2H3,(H,24,27)/t15-/m1/s1. The van der Waals surface area contributed by atoms with Gasteiger partial charge in [0.15, 0.2) is 5.65 Å². The molecule has 142 valence electrons. The van der Waals surface area contributed by atoms with E-state index >= 15 is 0 Å². The zero-order valence-corrected chi connectivity index (χ0v) is 15.9. The summed E-state index contributed by atoms with van der Waals surface area (Å²) < 4.78 is 3.54. The van der Waals surface area contributed by atoms with Gasteiger partial charge in [-0.1, -0.05) is 19.1 Å². The molecule has 6 nitrogen and oxygen atoms in total. The summed E-state index contributed by atoms with van der Waals surface area (Å²) in [5.74, 6) is -0.0835. The normalized spacial score (nSPS) is 12.4. The van der Waals surface area contributed by atoms with E-state index in [1.165, 1.54) is 0 Å². The van der Waals surface area contributed by atoms with Gasteiger partial charge in [0.2, 0.25) is 0 Å². The second kappa shape index (κ2) is 7.31. The van der Waals surface area contributed by atoms with Crippen LogP contribution in [0.2, 0.25) is 0 Å². The van der Waals surface area contributed by atoms with Crippen LogP contribution >= 0.6 is 0 Å². The van der Waals surface area contributed by atoms with E-state index in [1.54, 1.807) is 22.9 Å². The van der Waals surface area contributed by atoms with Gasteiger partial charge in [0, 0.05) is 24.0 Å². The monoisotopic (exact) mass is 374 g/mol. The molecule has 1 amide bonds. The average Bonchev–Trinajstić information content (AvgIpc) is 3.22. The maximum atomic E-state index is 13.0. The van der Waals surface area contributed by atoms with Crippen molar-refractivity contribution in [2.24, 2.45) is 0 Å². The van der Waals surface area contributed by atoms with E-state index < -0.39 is 0 Å². The first-order chi connectivity index (χ1) is 13.6. The second-order valence-corrected chi connectivity index (χ2v) is 6.98. The number of nitrogens with zero attached hydrogens (tertiary/aromatic N) is 3. The quantitative estimate of drug-likeness (QED) is 0.583. The smallest absolute Gasteiger partial charge is 0.276 e. The van der Waals surface area contributed by atoms with Crippen LogP contribution in [-0.2, 0) is 6.54 Å². The fourth-order valence-corrected chi connectivity index (χ4v) is 3.28. The number of aromatic nitrogens is 3. The van der Waals surface area contributed by atoms with Crippen LogP contribution < -0.4 is 10.9 Å². The van der Waals surface area contributed by atoms with Crippen LogP contribution in [0.3, 0.4) is 0 Å². The molecule has 0 unspecified atom stereocenters. The predicted octanol–water partition coefficient (Wildman–Crippen LogP) is 3.23. The highest BCUT2D eigenvalue weighted by Gasteiger charge is 2.12. The summed E-state index contributed by atoms with van der Waals surface area (Å²) in [7, 11) is 0. The van der Waals surface area contributed by atoms with Crippen molar-refractivity contribution in [1.29, 1.82) is 0 Å². The Morgan fingerprint density at radius 1 is 1.11 bits per heavy atom. The molecule has 1 aromatic carbocycles. The summed E-state index contributed by atoms with van der Waals surface area (Å²) in [6.07, 6.45) is 4.45. The van der Waals surface area contributed by atoms with Crippen molar-refractivity contribution in [2.75, 3.05) is 0 Å². The summed E-state index contributed by atoms with van der Waals surface area (Å²) in [6.45, 7) is 4.40. The predicted molar refractivity (Wildman–Crippen MR) is 110 cm³/mol. The summed E-state index contributed by atoms with van der Waals surface area (Å²) in [5, 5.41) is 2.96. The lowest BCUT2D eigenvalue weighted by atomic mass is 10.1. The molecule has 4 aromatic rings. The van der Waals surface area contributed by atoms with Crippen LogP contribution in [0.25, 0.3) is 16.7 Å². The summed E-state index contributed by atoms with van der Waals surface area (Å²) in [6, 6.07) is 15.0. The molecular weight excluding hydrogens is 352 g/mol. The lowest BCUT2D eigenvalue weighted by molar-refractivity contribution is 0.0939. The third-order valence-corrected chi connectivity index (χ3v) is 5.04. The van der Waals surface area contributed by atoms with Gasteiger partial charge in [0.05, 0.1) is 12.1 Å². The van der Waals surface area contributed by atoms with Gasteiger partial charge >= 0.3 is 0 Å². The first-order valence-corrected chi connectivity index (χ1v) is 9.43. The number of rotatable bonds is 5. The second-order valence-electron chi connectivity index (χ2n) is 6.98. The van der Waals surface area contributed by atoms with Crippen LogP contribution in [0, 0.1) is 0 Å². The van der Waals surface area contributed by atoms with Gasteiger partial charge in [-0.05, 0) is 55.3 Å². The zero-order chi connectivity index (χ0) is 19.7. The van der Waals surface area contributed by atoms with E-state index in [2.05, 4.69) is 10.3 Å². The zero-order valence-electron chi connectivity index (χ0n) is 15.9. The van der Waals surface area contributed by atoms with E-state index in [1.807, 2.05) is 60.8 Å². The van der Waals surface area contributed by atoms with Gasteiger partial charge in [-0.15, -0.1) is 0 Å². The summed E-state index contributed by atoms with van der Waals surface area (Å²) >= 11 is 0. The summed E-state index contributed by atoms with van der Waals surface area (Å²) in [4.78, 5) is 29.7. The average molecular weight is 374 g/mol. The van der Waals surface area contributed by atoms with Gasteiger partial charge in [-0.3, -0.25) is 14.2 Å². The Kier molecular flexibility index (Phi) is 4.69. The lowest BCUT2D eigenvalue weighted by Crippen LogP contribution is -2.31. The highest BCUT2D eigenvalue weighted by molar-refractivity contribution is 5.94. The Labute approximate surface area is 162 Å². The van der Waals surface area contributed by atoms with Gasteiger partial charge in [-0.2, -0.15) is 0 Å². The highest BCUT2D eigenvalue weighted by atomic mass is 16.1. The van der Waals surface area contributed by atoms with Crippen molar-refractivity contribution >= 4 is 22.6 Å². The van der Waals surface area contributed by atoms with Crippen molar-refractivity contribution in [3.8, 4) is 0 Å². The molecule has 3 heterocycles. The molecule has 1 N–H and O–H groups in total. The van der Waals surface area contributed by atoms with E-state index in [4.69, 9.17) is 0 Å². The molecule has 28 heavy (non-hydrogen) atoms. The van der Waals surface area contributed by atoms with Gasteiger partial charge < -0.3 is 9.72 Å². The number of hydrogen-bond acceptors (Lipinski definition) is 3. The van der Waals surface area contributed by atoms with E-state index in [0.717, 1.165) is 17.5 Å². The van der Waals surface area contributed by atoms with Gasteiger partial charge in [0.25, 0.3) is 11.5 Å². The van der Waals surface area contributed by atoms with Crippen molar-refractivity contribution in [3.63, 3.8) is 0 Å². The lowest BCUT2D eigenvalue weighted by Gasteiger charge is -2.13. The maximum absolute atomic E-state index is 13.0. The number of fused-ring (bicyclic) bond motifs is 3. The van der Waals surface area contributed by atoms with Crippen LogP contribution in [-0.4, -0.2) is 25.9 Å². The fraction of sp³-hybridized carbons (Fsp3) is 0.227. The minimum Gasteiger partial charge on any atom is -0.350 e. The molecule has 0 aliphatic rings. The van der Waals surface area contributed by atoms with Crippen LogP contribution in [0.1, 0.15) is 36.2 Å². The maximum Gasteiger partial charge on any atom is 0.276 e. The molecule has 4 rings (SSSR count). The molecule has 0 radical (unpaired) electrons. The Morgan fingerprint density at radius 2 is 1.86 bits per heavy atom. The van der Waals surface area contributed by atoms with Crippen molar-refractivity contribution < 1.29 is 4.79 Å². The van der Waals surface area contributed by atoms with Crippen LogP contribution in [0.5, 0.6) is 0 Å². The molecule has 0 bridgehead atoms. The van der Waals surface area contributed by atoms with Crippen molar-refractivity contribution in [3.05, 3.63) is 82.4 Å². The van der Waals surface area contributed by atoms with Crippen molar-refractivity contribution in [2.45, 2.75) is 32.9 Å². The van der Waals surface area contributed by atoms with Crippen LogP contribution in [0.4, 0.5) is 0 Å². The third kappa shape index (κ3) is 3.17. The number of nitrogens with one attached hydrogen (secondary N) is 1. The number of hydrogen-bond donors (Lipinski definition) is 1. The molecule has 0 saturated heterocycles. The minimum absolute atomic E-state index is 0.0835. The Balaban J connectivity index is 1.69. The number of carbonyl (C=O) groups is 1. The van der Waals surface area contributed by atoms with Gasteiger partial charge in [0.1, 0.15) is 5.52 Å². The largest absolute Gasteiger partial charge is 0.350 e. The fourth-order valence-electron chi connectivity index (χ4n) is 3.28. The number of amides is 1. The first kappa shape index (κ1) is 18.0. The highest BCUT2D eigenvalue weighted by Crippen LogP contribution is 2.15. The molecule has 0 aliphatic heterocycles. The first-order valence-electron chi connectivity index (χ1n) is 9.43. The summed E-state index contributed by atoms with van der Waals surface area (Å²) in [5.41, 5.74) is 3.59. The molecule has 6 heteroatoms. The third-order valence-electron chi connectivity index (χ3n) is 5.04. The molecule has 0 aliphatic carbocycles. The molecule has 0 fully saturated rings. The van der Waals surface area contributed by atoms with Crippen LogP contribution in [0.15, 0.2) is 65.7 Å². The SMILES string of the molecule is CC[C@@H](C)NC(=O)c1ccc(Cn2c(=O)c3cccn3c3cccnc32)cc1. The number of carbonyl (C=O) groups excluding carboxylic acids is 1. The minimum atomic E-state index is -0.0882. The number of pyridine rings is 1.